The van der Waals surface area contributed by atoms with Crippen molar-refractivity contribution in [2.75, 3.05) is 32.1 Å². The zero-order valence-electron chi connectivity index (χ0n) is 12.5. The number of hydrogen-bond acceptors (Lipinski definition) is 2. The average Bonchev–Trinajstić information content (AvgIpc) is 2.51. The summed E-state index contributed by atoms with van der Waals surface area (Å²) < 4.78 is 0. The zero-order valence-corrected chi connectivity index (χ0v) is 12.5. The van der Waals surface area contributed by atoms with Crippen LogP contribution in [0.4, 0.5) is 5.69 Å². The predicted octanol–water partition coefficient (Wildman–Crippen LogP) is 3.34. The number of fused-ring (bicyclic) bond motifs is 1. The Morgan fingerprint density at radius 1 is 1.26 bits per heavy atom. The van der Waals surface area contributed by atoms with Crippen LogP contribution in [0.5, 0.6) is 0 Å². The van der Waals surface area contributed by atoms with Gasteiger partial charge in [0.25, 0.3) is 0 Å². The third-order valence-corrected chi connectivity index (χ3v) is 4.08. The Kier molecular flexibility index (Phi) is 4.65. The van der Waals surface area contributed by atoms with Crippen molar-refractivity contribution >= 4 is 5.69 Å². The van der Waals surface area contributed by atoms with E-state index in [1.807, 2.05) is 0 Å². The van der Waals surface area contributed by atoms with Gasteiger partial charge in [0, 0.05) is 18.3 Å². The van der Waals surface area contributed by atoms with Gasteiger partial charge in [0.15, 0.2) is 0 Å². The molecule has 2 nitrogen and oxygen atoms in total. The molecule has 1 unspecified atom stereocenters. The summed E-state index contributed by atoms with van der Waals surface area (Å²) >= 11 is 0. The molecule has 1 atom stereocenters. The molecule has 2 heteroatoms. The molecular formula is C17H26N2. The van der Waals surface area contributed by atoms with Gasteiger partial charge in [-0.1, -0.05) is 30.4 Å². The van der Waals surface area contributed by atoms with Gasteiger partial charge in [0.05, 0.1) is 0 Å². The highest BCUT2D eigenvalue weighted by Crippen LogP contribution is 2.31. The van der Waals surface area contributed by atoms with Crippen molar-refractivity contribution in [2.24, 2.45) is 0 Å². The first-order valence-electron chi connectivity index (χ1n) is 7.26. The number of hydrogen-bond donors (Lipinski definition) is 0. The van der Waals surface area contributed by atoms with Crippen LogP contribution in [-0.4, -0.2) is 38.1 Å². The molecule has 0 amide bonds. The summed E-state index contributed by atoms with van der Waals surface area (Å²) in [6, 6.07) is 9.28. The molecule has 1 aliphatic rings. The van der Waals surface area contributed by atoms with Gasteiger partial charge in [-0.2, -0.15) is 0 Å². The molecule has 2 rings (SSSR count). The third-order valence-electron chi connectivity index (χ3n) is 4.08. The summed E-state index contributed by atoms with van der Waals surface area (Å²) in [5.41, 5.74) is 4.24. The molecular weight excluding hydrogens is 232 g/mol. The maximum absolute atomic E-state index is 4.28. The molecule has 0 spiro atoms. The Labute approximate surface area is 117 Å². The number of aryl methyl sites for hydroxylation is 1. The standard InChI is InChI=1S/C17H26N2/c1-14-10-11-16-8-5-6-9-17(16)19(15(14)2)13-7-12-18(3)4/h5-6,8-9,15H,1,7,10-13H2,2-4H3. The van der Waals surface area contributed by atoms with Crippen molar-refractivity contribution < 1.29 is 0 Å². The van der Waals surface area contributed by atoms with E-state index in [4.69, 9.17) is 0 Å². The Bertz CT molecular complexity index is 437. The summed E-state index contributed by atoms with van der Waals surface area (Å²) in [5.74, 6) is 0. The van der Waals surface area contributed by atoms with Gasteiger partial charge in [0.1, 0.15) is 0 Å². The molecule has 19 heavy (non-hydrogen) atoms. The van der Waals surface area contributed by atoms with Crippen LogP contribution in [-0.2, 0) is 6.42 Å². The second-order valence-corrected chi connectivity index (χ2v) is 5.81. The maximum atomic E-state index is 4.28. The largest absolute Gasteiger partial charge is 0.365 e. The van der Waals surface area contributed by atoms with Crippen LogP contribution in [0, 0.1) is 0 Å². The summed E-state index contributed by atoms with van der Waals surface area (Å²) in [4.78, 5) is 4.79. The van der Waals surface area contributed by atoms with Crippen molar-refractivity contribution in [1.82, 2.24) is 4.90 Å². The summed E-state index contributed by atoms with van der Waals surface area (Å²) in [7, 11) is 4.28. The molecule has 0 fully saturated rings. The summed E-state index contributed by atoms with van der Waals surface area (Å²) in [5, 5.41) is 0. The molecule has 0 radical (unpaired) electrons. The molecule has 0 aliphatic carbocycles. The second kappa shape index (κ2) is 6.25. The molecule has 0 saturated heterocycles. The van der Waals surface area contributed by atoms with E-state index >= 15 is 0 Å². The predicted molar refractivity (Wildman–Crippen MR) is 83.9 cm³/mol. The molecule has 1 heterocycles. The van der Waals surface area contributed by atoms with Crippen molar-refractivity contribution in [1.29, 1.82) is 0 Å². The van der Waals surface area contributed by atoms with E-state index in [0.29, 0.717) is 6.04 Å². The Morgan fingerprint density at radius 3 is 2.74 bits per heavy atom. The Balaban J connectivity index is 2.18. The minimum absolute atomic E-state index is 0.450. The van der Waals surface area contributed by atoms with Crippen molar-refractivity contribution in [3.05, 3.63) is 42.0 Å². The smallest absolute Gasteiger partial charge is 0.0471 e. The number of benzene rings is 1. The van der Waals surface area contributed by atoms with Crippen LogP contribution in [0.1, 0.15) is 25.3 Å². The topological polar surface area (TPSA) is 6.48 Å². The highest BCUT2D eigenvalue weighted by atomic mass is 15.2. The quantitative estimate of drug-likeness (QED) is 0.764. The van der Waals surface area contributed by atoms with Crippen LogP contribution in [0.15, 0.2) is 36.4 Å². The Morgan fingerprint density at radius 2 is 2.00 bits per heavy atom. The van der Waals surface area contributed by atoms with Crippen molar-refractivity contribution in [2.45, 2.75) is 32.2 Å². The van der Waals surface area contributed by atoms with Crippen LogP contribution >= 0.6 is 0 Å². The molecule has 0 bridgehead atoms. The van der Waals surface area contributed by atoms with Gasteiger partial charge in [0.2, 0.25) is 0 Å². The van der Waals surface area contributed by atoms with E-state index in [-0.39, 0.29) is 0 Å². The molecule has 1 aromatic rings. The Hall–Kier alpha value is -1.28. The molecule has 104 valence electrons. The van der Waals surface area contributed by atoms with Gasteiger partial charge in [-0.05, 0) is 58.5 Å². The monoisotopic (exact) mass is 258 g/mol. The second-order valence-electron chi connectivity index (χ2n) is 5.81. The van der Waals surface area contributed by atoms with Crippen LogP contribution in [0.2, 0.25) is 0 Å². The van der Waals surface area contributed by atoms with E-state index in [1.54, 1.807) is 0 Å². The average molecular weight is 258 g/mol. The molecule has 1 aromatic carbocycles. The van der Waals surface area contributed by atoms with E-state index in [9.17, 15) is 0 Å². The van der Waals surface area contributed by atoms with Crippen LogP contribution in [0.3, 0.4) is 0 Å². The summed E-state index contributed by atoms with van der Waals surface area (Å²) in [6.07, 6.45) is 3.44. The van der Waals surface area contributed by atoms with Crippen molar-refractivity contribution in [3.8, 4) is 0 Å². The summed E-state index contributed by atoms with van der Waals surface area (Å²) in [6.45, 7) is 8.81. The van der Waals surface area contributed by atoms with Gasteiger partial charge < -0.3 is 9.80 Å². The van der Waals surface area contributed by atoms with E-state index < -0.39 is 0 Å². The van der Waals surface area contributed by atoms with Crippen LogP contribution in [0.25, 0.3) is 0 Å². The first-order valence-corrected chi connectivity index (χ1v) is 7.26. The molecule has 0 aromatic heterocycles. The number of anilines is 1. The van der Waals surface area contributed by atoms with Crippen LogP contribution < -0.4 is 4.90 Å². The van der Waals surface area contributed by atoms with E-state index in [1.165, 1.54) is 23.2 Å². The van der Waals surface area contributed by atoms with E-state index in [2.05, 4.69) is 61.7 Å². The lowest BCUT2D eigenvalue weighted by Crippen LogP contribution is -2.35. The van der Waals surface area contributed by atoms with Gasteiger partial charge in [-0.25, -0.2) is 0 Å². The molecule has 1 aliphatic heterocycles. The molecule has 0 saturated carbocycles. The fourth-order valence-electron chi connectivity index (χ4n) is 2.81. The lowest BCUT2D eigenvalue weighted by molar-refractivity contribution is 0.399. The van der Waals surface area contributed by atoms with Crippen molar-refractivity contribution in [3.63, 3.8) is 0 Å². The fraction of sp³-hybridized carbons (Fsp3) is 0.529. The normalized spacial score (nSPS) is 19.5. The number of rotatable bonds is 4. The lowest BCUT2D eigenvalue weighted by Gasteiger charge is -2.32. The minimum Gasteiger partial charge on any atom is -0.365 e. The van der Waals surface area contributed by atoms with E-state index in [0.717, 1.165) is 25.9 Å². The number of nitrogens with zero attached hydrogens (tertiary/aromatic N) is 2. The minimum atomic E-state index is 0.450. The van der Waals surface area contributed by atoms with Gasteiger partial charge in [-0.15, -0.1) is 0 Å². The van der Waals surface area contributed by atoms with Gasteiger partial charge >= 0.3 is 0 Å². The lowest BCUT2D eigenvalue weighted by atomic mass is 10.0. The molecule has 0 N–H and O–H groups in total. The zero-order chi connectivity index (χ0) is 13.8. The fourth-order valence-corrected chi connectivity index (χ4v) is 2.81. The first-order chi connectivity index (χ1) is 9.09. The highest BCUT2D eigenvalue weighted by molar-refractivity contribution is 5.57. The first kappa shape index (κ1) is 14.1. The van der Waals surface area contributed by atoms with Gasteiger partial charge in [-0.3, -0.25) is 0 Å². The SMILES string of the molecule is C=C1CCc2ccccc2N(CCCN(C)C)C1C. The number of para-hydroxylation sites is 1. The maximum Gasteiger partial charge on any atom is 0.0471 e. The highest BCUT2D eigenvalue weighted by Gasteiger charge is 2.22. The third kappa shape index (κ3) is 3.38.